The van der Waals surface area contributed by atoms with E-state index >= 15 is 0 Å². The number of pyridine rings is 2. The fourth-order valence-corrected chi connectivity index (χ4v) is 1.53. The minimum Gasteiger partial charge on any atom is -0.296 e. The number of hydrogen-bond donors (Lipinski definition) is 0. The summed E-state index contributed by atoms with van der Waals surface area (Å²) < 4.78 is 14.1. The highest BCUT2D eigenvalue weighted by Gasteiger charge is 2.15. The molecule has 0 radical (unpaired) electrons. The Kier molecular flexibility index (Phi) is 3.23. The van der Waals surface area contributed by atoms with Gasteiger partial charge in [0.05, 0.1) is 11.4 Å². The maximum absolute atomic E-state index is 14.1. The van der Waals surface area contributed by atoms with Crippen LogP contribution in [0, 0.1) is 6.92 Å². The predicted octanol–water partition coefficient (Wildman–Crippen LogP) is 2.66. The fraction of sp³-hybridized carbons (Fsp3) is 0.154. The second-order valence-electron chi connectivity index (χ2n) is 3.67. The van der Waals surface area contributed by atoms with Gasteiger partial charge in [-0.05, 0) is 31.2 Å². The van der Waals surface area contributed by atoms with Gasteiger partial charge < -0.3 is 0 Å². The minimum absolute atomic E-state index is 0.202. The molecule has 0 aliphatic carbocycles. The van der Waals surface area contributed by atoms with E-state index in [-0.39, 0.29) is 11.4 Å². The summed E-state index contributed by atoms with van der Waals surface area (Å²) >= 11 is 0. The van der Waals surface area contributed by atoms with Gasteiger partial charge in [-0.3, -0.25) is 9.78 Å². The van der Waals surface area contributed by atoms with Crippen molar-refractivity contribution in [3.8, 4) is 0 Å². The van der Waals surface area contributed by atoms with Crippen LogP contribution in [0.1, 0.15) is 33.7 Å². The number of halogens is 1. The number of carbonyl (C=O) groups excluding carboxylic acids is 1. The van der Waals surface area contributed by atoms with E-state index in [1.165, 1.54) is 6.07 Å². The van der Waals surface area contributed by atoms with E-state index in [9.17, 15) is 9.18 Å². The van der Waals surface area contributed by atoms with Gasteiger partial charge in [0.25, 0.3) is 0 Å². The van der Waals surface area contributed by atoms with Crippen molar-refractivity contribution >= 4 is 6.29 Å². The maximum atomic E-state index is 14.1. The summed E-state index contributed by atoms with van der Waals surface area (Å²) in [5.74, 6) is 0. The van der Waals surface area contributed by atoms with Gasteiger partial charge in [0.1, 0.15) is 5.69 Å². The van der Waals surface area contributed by atoms with Crippen molar-refractivity contribution in [2.24, 2.45) is 0 Å². The molecule has 0 aliphatic heterocycles. The van der Waals surface area contributed by atoms with Crippen molar-refractivity contribution in [3.63, 3.8) is 0 Å². The van der Waals surface area contributed by atoms with E-state index in [4.69, 9.17) is 0 Å². The van der Waals surface area contributed by atoms with Gasteiger partial charge in [-0.15, -0.1) is 0 Å². The third-order valence-corrected chi connectivity index (χ3v) is 2.34. The molecule has 0 amide bonds. The molecule has 1 atom stereocenters. The fourth-order valence-electron chi connectivity index (χ4n) is 1.53. The Balaban J connectivity index is 2.36. The summed E-state index contributed by atoms with van der Waals surface area (Å²) in [6.07, 6.45) is -0.810. The maximum Gasteiger partial charge on any atom is 0.184 e. The molecule has 0 saturated carbocycles. The molecule has 4 heteroatoms. The Morgan fingerprint density at radius 3 is 2.41 bits per heavy atom. The van der Waals surface area contributed by atoms with Crippen LogP contribution in [-0.2, 0) is 0 Å². The predicted molar refractivity (Wildman–Crippen MR) is 61.5 cm³/mol. The highest BCUT2D eigenvalue weighted by Crippen LogP contribution is 2.22. The lowest BCUT2D eigenvalue weighted by Crippen LogP contribution is -2.02. The molecular weight excluding hydrogens is 219 g/mol. The van der Waals surface area contributed by atoms with E-state index in [1.807, 2.05) is 0 Å². The van der Waals surface area contributed by atoms with E-state index < -0.39 is 6.17 Å². The van der Waals surface area contributed by atoms with Crippen LogP contribution in [0.4, 0.5) is 4.39 Å². The molecule has 2 aromatic rings. The molecule has 0 aromatic carbocycles. The average molecular weight is 230 g/mol. The number of aryl methyl sites for hydroxylation is 1. The molecule has 0 spiro atoms. The first-order valence-corrected chi connectivity index (χ1v) is 5.20. The van der Waals surface area contributed by atoms with Crippen LogP contribution in [0.2, 0.25) is 0 Å². The Hall–Kier alpha value is -2.10. The molecule has 0 bridgehead atoms. The van der Waals surface area contributed by atoms with Gasteiger partial charge in [0.2, 0.25) is 0 Å². The van der Waals surface area contributed by atoms with Gasteiger partial charge >= 0.3 is 0 Å². The Morgan fingerprint density at radius 1 is 1.12 bits per heavy atom. The van der Waals surface area contributed by atoms with Crippen LogP contribution in [0.15, 0.2) is 36.4 Å². The van der Waals surface area contributed by atoms with Crippen LogP contribution in [0.5, 0.6) is 0 Å². The molecule has 1 unspecified atom stereocenters. The summed E-state index contributed by atoms with van der Waals surface area (Å²) in [6.45, 7) is 1.80. The van der Waals surface area contributed by atoms with Gasteiger partial charge in [-0.1, -0.05) is 12.1 Å². The number of rotatable bonds is 3. The topological polar surface area (TPSA) is 42.9 Å². The molecule has 3 nitrogen and oxygen atoms in total. The van der Waals surface area contributed by atoms with Crippen molar-refractivity contribution < 1.29 is 9.18 Å². The first-order chi connectivity index (χ1) is 8.20. The largest absolute Gasteiger partial charge is 0.296 e. The van der Waals surface area contributed by atoms with E-state index in [0.29, 0.717) is 12.0 Å². The Labute approximate surface area is 98.3 Å². The number of hydrogen-bond acceptors (Lipinski definition) is 3. The average Bonchev–Trinajstić information content (AvgIpc) is 2.38. The number of carbonyl (C=O) groups is 1. The summed E-state index contributed by atoms with van der Waals surface area (Å²) in [5, 5.41) is 0. The lowest BCUT2D eigenvalue weighted by atomic mass is 10.1. The van der Waals surface area contributed by atoms with E-state index in [1.54, 1.807) is 37.3 Å². The Morgan fingerprint density at radius 2 is 1.76 bits per heavy atom. The van der Waals surface area contributed by atoms with Gasteiger partial charge in [-0.2, -0.15) is 0 Å². The highest BCUT2D eigenvalue weighted by molar-refractivity contribution is 5.71. The van der Waals surface area contributed by atoms with Gasteiger partial charge in [0, 0.05) is 5.69 Å². The zero-order valence-corrected chi connectivity index (χ0v) is 9.30. The van der Waals surface area contributed by atoms with E-state index in [2.05, 4.69) is 9.97 Å². The smallest absolute Gasteiger partial charge is 0.184 e. The van der Waals surface area contributed by atoms with Crippen molar-refractivity contribution in [2.45, 2.75) is 13.1 Å². The number of aldehydes is 1. The first-order valence-electron chi connectivity index (χ1n) is 5.20. The summed E-state index contributed by atoms with van der Waals surface area (Å²) in [5.41, 5.74) is 1.47. The van der Waals surface area contributed by atoms with Crippen molar-refractivity contribution in [1.82, 2.24) is 9.97 Å². The second kappa shape index (κ2) is 4.82. The van der Waals surface area contributed by atoms with Crippen LogP contribution in [0.3, 0.4) is 0 Å². The van der Waals surface area contributed by atoms with Gasteiger partial charge in [-0.25, -0.2) is 9.37 Å². The minimum atomic E-state index is -1.41. The third-order valence-electron chi connectivity index (χ3n) is 2.34. The third kappa shape index (κ3) is 2.53. The monoisotopic (exact) mass is 230 g/mol. The van der Waals surface area contributed by atoms with E-state index in [0.717, 1.165) is 5.69 Å². The number of aromatic nitrogens is 2. The molecule has 17 heavy (non-hydrogen) atoms. The number of nitrogens with zero attached hydrogens (tertiary/aromatic N) is 2. The Bertz CT molecular complexity index is 542. The van der Waals surface area contributed by atoms with Gasteiger partial charge in [0.15, 0.2) is 12.5 Å². The molecule has 86 valence electrons. The van der Waals surface area contributed by atoms with Crippen LogP contribution in [-0.4, -0.2) is 16.3 Å². The van der Waals surface area contributed by atoms with Crippen molar-refractivity contribution in [2.75, 3.05) is 0 Å². The molecule has 2 aromatic heterocycles. The zero-order chi connectivity index (χ0) is 12.3. The summed E-state index contributed by atoms with van der Waals surface area (Å²) in [6, 6.07) is 9.83. The highest BCUT2D eigenvalue weighted by atomic mass is 19.1. The van der Waals surface area contributed by atoms with Crippen molar-refractivity contribution in [3.05, 3.63) is 59.2 Å². The normalized spacial score (nSPS) is 12.1. The molecule has 2 heterocycles. The SMILES string of the molecule is Cc1cccc(C(F)c2cccc(C=O)n2)n1. The first kappa shape index (κ1) is 11.4. The summed E-state index contributed by atoms with van der Waals surface area (Å²) in [7, 11) is 0. The standard InChI is InChI=1S/C13H11FN2O/c1-9-4-2-6-11(15-9)13(14)12-7-3-5-10(8-17)16-12/h2-8,13H,1H3. The van der Waals surface area contributed by atoms with Crippen LogP contribution >= 0.6 is 0 Å². The zero-order valence-electron chi connectivity index (χ0n) is 9.30. The van der Waals surface area contributed by atoms with Crippen LogP contribution < -0.4 is 0 Å². The molecule has 0 saturated heterocycles. The lowest BCUT2D eigenvalue weighted by Gasteiger charge is -2.08. The number of alkyl halides is 1. The molecular formula is C13H11FN2O. The lowest BCUT2D eigenvalue weighted by molar-refractivity contribution is 0.111. The second-order valence-corrected chi connectivity index (χ2v) is 3.67. The van der Waals surface area contributed by atoms with Crippen molar-refractivity contribution in [1.29, 1.82) is 0 Å². The molecule has 2 rings (SSSR count). The summed E-state index contributed by atoms with van der Waals surface area (Å²) in [4.78, 5) is 18.6. The molecule has 0 fully saturated rings. The molecule has 0 N–H and O–H groups in total. The van der Waals surface area contributed by atoms with Crippen LogP contribution in [0.25, 0.3) is 0 Å². The molecule has 0 aliphatic rings. The quantitative estimate of drug-likeness (QED) is 0.761.